The summed E-state index contributed by atoms with van der Waals surface area (Å²) in [6.07, 6.45) is -1.12. The Labute approximate surface area is 179 Å². The van der Waals surface area contributed by atoms with Crippen LogP contribution in [0.15, 0.2) is 41.3 Å². The molecule has 0 aliphatic carbocycles. The van der Waals surface area contributed by atoms with Gasteiger partial charge in [0.1, 0.15) is 5.15 Å². The van der Waals surface area contributed by atoms with Crippen molar-refractivity contribution in [2.45, 2.75) is 24.5 Å². The molecule has 0 aliphatic heterocycles. The van der Waals surface area contributed by atoms with Gasteiger partial charge < -0.3 is 15.6 Å². The minimum atomic E-state index is -4.07. The van der Waals surface area contributed by atoms with Gasteiger partial charge in [-0.2, -0.15) is 0 Å². The molecule has 3 aromatic heterocycles. The van der Waals surface area contributed by atoms with E-state index in [-0.39, 0.29) is 22.3 Å². The summed E-state index contributed by atoms with van der Waals surface area (Å²) >= 11 is 7.13. The zero-order valence-electron chi connectivity index (χ0n) is 15.4. The summed E-state index contributed by atoms with van der Waals surface area (Å²) < 4.78 is 34.1. The average Bonchev–Trinajstić information content (AvgIpc) is 3.23. The Morgan fingerprint density at radius 3 is 2.77 bits per heavy atom. The van der Waals surface area contributed by atoms with Crippen LogP contribution in [-0.2, 0) is 26.2 Å². The maximum atomic E-state index is 13.5. The lowest BCUT2D eigenvalue weighted by molar-refractivity contribution is -0.149. The third kappa shape index (κ3) is 3.60. The van der Waals surface area contributed by atoms with Gasteiger partial charge in [0.05, 0.1) is 38.4 Å². The summed E-state index contributed by atoms with van der Waals surface area (Å²) in [5, 5.41) is 9.58. The Kier molecular flexibility index (Phi) is 5.14. The standard InChI is InChI=1S/C18H15ClN4O5S2/c1-9(17(24)25)28-8-10-6-13-14(4-5-16(19)21-13)23(10)30(26,27)11-2-3-12-15(7-11)29-18(20)22-12/h2-7,9H,8H2,1H3,(H2,20,22)(H,24,25). The molecule has 12 heteroatoms. The fourth-order valence-corrected chi connectivity index (χ4v) is 5.49. The van der Waals surface area contributed by atoms with Gasteiger partial charge in [0, 0.05) is 0 Å². The molecule has 1 unspecified atom stereocenters. The highest BCUT2D eigenvalue weighted by atomic mass is 35.5. The molecule has 0 amide bonds. The molecule has 3 heterocycles. The van der Waals surface area contributed by atoms with Gasteiger partial charge in [-0.1, -0.05) is 22.9 Å². The Bertz CT molecular complexity index is 1400. The first-order valence-corrected chi connectivity index (χ1v) is 11.2. The van der Waals surface area contributed by atoms with E-state index in [0.717, 1.165) is 3.97 Å². The lowest BCUT2D eigenvalue weighted by Gasteiger charge is -2.13. The number of rotatable bonds is 6. The molecule has 0 aliphatic rings. The van der Waals surface area contributed by atoms with Crippen LogP contribution in [0.1, 0.15) is 12.6 Å². The van der Waals surface area contributed by atoms with Gasteiger partial charge in [0.2, 0.25) is 0 Å². The summed E-state index contributed by atoms with van der Waals surface area (Å²) in [4.78, 5) is 19.4. The normalized spacial score (nSPS) is 13.1. The van der Waals surface area contributed by atoms with Crippen molar-refractivity contribution in [2.24, 2.45) is 0 Å². The number of thiazole rings is 1. The Hall–Kier alpha value is -2.73. The van der Waals surface area contributed by atoms with Gasteiger partial charge in [-0.3, -0.25) is 0 Å². The van der Waals surface area contributed by atoms with E-state index in [1.54, 1.807) is 6.07 Å². The van der Waals surface area contributed by atoms with Gasteiger partial charge in [0.25, 0.3) is 10.0 Å². The van der Waals surface area contributed by atoms with Gasteiger partial charge in [-0.25, -0.2) is 27.2 Å². The number of hydrogen-bond acceptors (Lipinski definition) is 8. The SMILES string of the molecule is CC(OCc1cc2nc(Cl)ccc2n1S(=O)(=O)c1ccc2nc(N)sc2c1)C(=O)O. The van der Waals surface area contributed by atoms with Crippen molar-refractivity contribution in [1.82, 2.24) is 13.9 Å². The molecule has 1 aromatic carbocycles. The van der Waals surface area contributed by atoms with Crippen molar-refractivity contribution >= 4 is 65.3 Å². The van der Waals surface area contributed by atoms with E-state index in [1.165, 1.54) is 48.6 Å². The summed E-state index contributed by atoms with van der Waals surface area (Å²) in [5.41, 5.74) is 7.17. The van der Waals surface area contributed by atoms with Crippen LogP contribution < -0.4 is 5.73 Å². The van der Waals surface area contributed by atoms with Crippen molar-refractivity contribution in [3.05, 3.63) is 47.2 Å². The molecule has 4 rings (SSSR count). The Balaban J connectivity index is 1.87. The third-order valence-corrected chi connectivity index (χ3v) is 7.21. The van der Waals surface area contributed by atoms with Gasteiger partial charge in [-0.15, -0.1) is 0 Å². The number of pyridine rings is 1. The highest BCUT2D eigenvalue weighted by Crippen LogP contribution is 2.30. The minimum absolute atomic E-state index is 0.0265. The fourth-order valence-electron chi connectivity index (χ4n) is 2.95. The smallest absolute Gasteiger partial charge is 0.332 e. The first kappa shape index (κ1) is 20.5. The van der Waals surface area contributed by atoms with E-state index < -0.39 is 22.1 Å². The van der Waals surface area contributed by atoms with E-state index >= 15 is 0 Å². The lowest BCUT2D eigenvalue weighted by atomic mass is 10.3. The molecule has 0 radical (unpaired) electrons. The number of hydrogen-bond donors (Lipinski definition) is 2. The molecule has 0 bridgehead atoms. The first-order chi connectivity index (χ1) is 14.2. The first-order valence-electron chi connectivity index (χ1n) is 8.60. The van der Waals surface area contributed by atoms with Crippen LogP contribution in [0.5, 0.6) is 0 Å². The average molecular weight is 467 g/mol. The van der Waals surface area contributed by atoms with Crippen LogP contribution in [0.4, 0.5) is 5.13 Å². The van der Waals surface area contributed by atoms with Crippen LogP contribution in [-0.4, -0.2) is 39.5 Å². The van der Waals surface area contributed by atoms with Crippen LogP contribution in [0.3, 0.4) is 0 Å². The molecular formula is C18H15ClN4O5S2. The Morgan fingerprint density at radius 1 is 1.27 bits per heavy atom. The summed E-state index contributed by atoms with van der Waals surface area (Å²) in [6.45, 7) is 1.11. The largest absolute Gasteiger partial charge is 0.479 e. The molecule has 30 heavy (non-hydrogen) atoms. The fraction of sp³-hybridized carbons (Fsp3) is 0.167. The molecule has 0 spiro atoms. The van der Waals surface area contributed by atoms with Gasteiger partial charge in [0.15, 0.2) is 11.2 Å². The number of carbonyl (C=O) groups is 1. The number of carboxylic acid groups (broad SMARTS) is 1. The predicted molar refractivity (Wildman–Crippen MR) is 113 cm³/mol. The maximum Gasteiger partial charge on any atom is 0.332 e. The predicted octanol–water partition coefficient (Wildman–Crippen LogP) is 3.11. The van der Waals surface area contributed by atoms with E-state index in [1.807, 2.05) is 0 Å². The number of nitrogen functional groups attached to an aromatic ring is 1. The number of carboxylic acids is 1. The summed E-state index contributed by atoms with van der Waals surface area (Å²) in [6, 6.07) is 9.05. The lowest BCUT2D eigenvalue weighted by Crippen LogP contribution is -2.22. The van der Waals surface area contributed by atoms with Crippen molar-refractivity contribution in [3.63, 3.8) is 0 Å². The van der Waals surface area contributed by atoms with E-state index in [9.17, 15) is 13.2 Å². The van der Waals surface area contributed by atoms with E-state index in [0.29, 0.717) is 26.4 Å². The van der Waals surface area contributed by atoms with Crippen molar-refractivity contribution in [2.75, 3.05) is 5.73 Å². The van der Waals surface area contributed by atoms with Gasteiger partial charge in [-0.05, 0) is 43.3 Å². The number of nitrogens with two attached hydrogens (primary N) is 1. The number of fused-ring (bicyclic) bond motifs is 2. The van der Waals surface area contributed by atoms with Crippen molar-refractivity contribution < 1.29 is 23.1 Å². The second kappa shape index (κ2) is 7.51. The highest BCUT2D eigenvalue weighted by molar-refractivity contribution is 7.90. The van der Waals surface area contributed by atoms with Crippen LogP contribution >= 0.6 is 22.9 Å². The third-order valence-electron chi connectivity index (χ3n) is 4.40. The number of aromatic nitrogens is 3. The number of ether oxygens (including phenoxy) is 1. The zero-order valence-corrected chi connectivity index (χ0v) is 17.8. The molecule has 0 saturated carbocycles. The van der Waals surface area contributed by atoms with Crippen LogP contribution in [0.25, 0.3) is 21.3 Å². The molecular weight excluding hydrogens is 452 g/mol. The van der Waals surface area contributed by atoms with Crippen LogP contribution in [0.2, 0.25) is 5.15 Å². The van der Waals surface area contributed by atoms with Crippen LogP contribution in [0, 0.1) is 0 Å². The number of aliphatic carboxylic acids is 1. The zero-order chi connectivity index (χ0) is 21.6. The van der Waals surface area contributed by atoms with E-state index in [4.69, 9.17) is 27.2 Å². The maximum absolute atomic E-state index is 13.5. The second-order valence-corrected chi connectivity index (χ2v) is 9.65. The molecule has 0 fully saturated rings. The highest BCUT2D eigenvalue weighted by Gasteiger charge is 2.25. The second-order valence-electron chi connectivity index (χ2n) is 6.42. The molecule has 156 valence electrons. The van der Waals surface area contributed by atoms with Crippen molar-refractivity contribution in [1.29, 1.82) is 0 Å². The topological polar surface area (TPSA) is 137 Å². The van der Waals surface area contributed by atoms with E-state index in [2.05, 4.69) is 9.97 Å². The molecule has 4 aromatic rings. The number of halogens is 1. The molecule has 3 N–H and O–H groups in total. The summed E-state index contributed by atoms with van der Waals surface area (Å²) in [5.74, 6) is -1.16. The number of benzene rings is 1. The molecule has 0 saturated heterocycles. The quantitative estimate of drug-likeness (QED) is 0.413. The monoisotopic (exact) mass is 466 g/mol. The van der Waals surface area contributed by atoms with Crippen molar-refractivity contribution in [3.8, 4) is 0 Å². The molecule has 9 nitrogen and oxygen atoms in total. The van der Waals surface area contributed by atoms with Gasteiger partial charge >= 0.3 is 5.97 Å². The minimum Gasteiger partial charge on any atom is -0.479 e. The summed E-state index contributed by atoms with van der Waals surface area (Å²) in [7, 11) is -4.07. The number of nitrogens with zero attached hydrogens (tertiary/aromatic N) is 3. The Morgan fingerprint density at radius 2 is 2.03 bits per heavy atom. The molecule has 1 atom stereocenters. The number of anilines is 1.